The Morgan fingerprint density at radius 1 is 0.941 bits per heavy atom. The van der Waals surface area contributed by atoms with Gasteiger partial charge in [-0.25, -0.2) is 8.42 Å². The summed E-state index contributed by atoms with van der Waals surface area (Å²) in [6, 6.07) is 22.8. The standard InChI is InChI=1S/C37H38Cl2N4O7S/c1-25-12-18-31(22-32(25)43(46)47)51(48,49)42(33-21-29(39)17-19-35(33)50-2)24-36(44)41(23-27-13-15-28(38)16-14-27)34(20-26-8-4-3-5-9-26)37(45)40-30-10-6-7-11-30/h3-5,8-9,12-19,21-22,30,34H,6-7,10-11,20,23-24H2,1-2H3,(H,40,45). The molecule has 1 N–H and O–H groups in total. The number of aryl methyl sites for hydroxylation is 1. The first-order chi connectivity index (χ1) is 24.4. The van der Waals surface area contributed by atoms with Crippen molar-refractivity contribution in [3.8, 4) is 5.75 Å². The van der Waals surface area contributed by atoms with Crippen LogP contribution in [0, 0.1) is 17.0 Å². The number of nitrogens with zero attached hydrogens (tertiary/aromatic N) is 3. The summed E-state index contributed by atoms with van der Waals surface area (Å²) < 4.78 is 35.4. The molecule has 1 fully saturated rings. The molecule has 1 unspecified atom stereocenters. The monoisotopic (exact) mass is 752 g/mol. The number of carbonyl (C=O) groups excluding carboxylic acids is 2. The zero-order valence-electron chi connectivity index (χ0n) is 28.1. The Morgan fingerprint density at radius 2 is 1.61 bits per heavy atom. The first kappa shape index (κ1) is 37.6. The summed E-state index contributed by atoms with van der Waals surface area (Å²) in [6.45, 7) is 0.645. The number of amides is 2. The van der Waals surface area contributed by atoms with Crippen LogP contribution in [0.15, 0.2) is 95.9 Å². The maximum atomic E-state index is 14.8. The van der Waals surface area contributed by atoms with Crippen molar-refractivity contribution in [3.05, 3.63) is 128 Å². The van der Waals surface area contributed by atoms with Gasteiger partial charge in [0.2, 0.25) is 11.8 Å². The number of benzene rings is 4. The van der Waals surface area contributed by atoms with Crippen molar-refractivity contribution in [2.45, 2.75) is 62.6 Å². The van der Waals surface area contributed by atoms with E-state index in [0.717, 1.165) is 41.6 Å². The van der Waals surface area contributed by atoms with Gasteiger partial charge < -0.3 is 15.0 Å². The van der Waals surface area contributed by atoms with Crippen molar-refractivity contribution in [2.75, 3.05) is 18.0 Å². The minimum absolute atomic E-state index is 0.0480. The fourth-order valence-corrected chi connectivity index (χ4v) is 7.88. The van der Waals surface area contributed by atoms with Crippen LogP contribution in [0.1, 0.15) is 42.4 Å². The molecule has 1 aliphatic carbocycles. The molecular weight excluding hydrogens is 715 g/mol. The van der Waals surface area contributed by atoms with E-state index in [0.29, 0.717) is 10.6 Å². The van der Waals surface area contributed by atoms with Crippen LogP contribution < -0.4 is 14.4 Å². The summed E-state index contributed by atoms with van der Waals surface area (Å²) in [5, 5.41) is 15.6. The minimum Gasteiger partial charge on any atom is -0.495 e. The molecule has 0 aromatic heterocycles. The number of nitrogens with one attached hydrogen (secondary N) is 1. The Balaban J connectivity index is 1.63. The second-order valence-electron chi connectivity index (χ2n) is 12.4. The largest absolute Gasteiger partial charge is 0.495 e. The predicted octanol–water partition coefficient (Wildman–Crippen LogP) is 7.11. The van der Waals surface area contributed by atoms with Gasteiger partial charge in [-0.05, 0) is 67.3 Å². The van der Waals surface area contributed by atoms with Gasteiger partial charge in [0.15, 0.2) is 0 Å². The van der Waals surface area contributed by atoms with Crippen LogP contribution in [0.5, 0.6) is 5.75 Å². The summed E-state index contributed by atoms with van der Waals surface area (Å²) in [7, 11) is -3.34. The van der Waals surface area contributed by atoms with Gasteiger partial charge in [-0.1, -0.05) is 84.6 Å². The van der Waals surface area contributed by atoms with Crippen LogP contribution in [-0.2, 0) is 32.6 Å². The molecule has 0 radical (unpaired) electrons. The highest BCUT2D eigenvalue weighted by atomic mass is 35.5. The Bertz CT molecular complexity index is 1990. The number of hydrogen-bond donors (Lipinski definition) is 1. The van der Waals surface area contributed by atoms with Gasteiger partial charge in [0.05, 0.1) is 22.6 Å². The van der Waals surface area contributed by atoms with Crippen molar-refractivity contribution < 1.29 is 27.7 Å². The van der Waals surface area contributed by atoms with Gasteiger partial charge in [-0.2, -0.15) is 0 Å². The third kappa shape index (κ3) is 9.18. The average Bonchev–Trinajstić information content (AvgIpc) is 3.62. The molecule has 0 spiro atoms. The first-order valence-electron chi connectivity index (χ1n) is 16.4. The maximum Gasteiger partial charge on any atom is 0.273 e. The van der Waals surface area contributed by atoms with E-state index >= 15 is 0 Å². The highest BCUT2D eigenvalue weighted by molar-refractivity contribution is 7.92. The fraction of sp³-hybridized carbons (Fsp3) is 0.297. The lowest BCUT2D eigenvalue weighted by molar-refractivity contribution is -0.385. The predicted molar refractivity (Wildman–Crippen MR) is 197 cm³/mol. The quantitative estimate of drug-likeness (QED) is 0.107. The molecule has 268 valence electrons. The van der Waals surface area contributed by atoms with Gasteiger partial charge in [-0.3, -0.25) is 24.0 Å². The number of nitro groups is 1. The number of sulfonamides is 1. The van der Waals surface area contributed by atoms with E-state index in [4.69, 9.17) is 27.9 Å². The van der Waals surface area contributed by atoms with E-state index in [-0.39, 0.29) is 46.9 Å². The summed E-state index contributed by atoms with van der Waals surface area (Å²) in [5.41, 5.74) is 1.24. The molecule has 4 aromatic carbocycles. The lowest BCUT2D eigenvalue weighted by Gasteiger charge is -2.34. The Hall–Kier alpha value is -4.65. The Morgan fingerprint density at radius 3 is 2.25 bits per heavy atom. The minimum atomic E-state index is -4.68. The van der Waals surface area contributed by atoms with E-state index in [2.05, 4.69) is 5.32 Å². The highest BCUT2D eigenvalue weighted by Gasteiger charge is 2.37. The van der Waals surface area contributed by atoms with E-state index in [1.54, 1.807) is 24.3 Å². The molecule has 0 bridgehead atoms. The van der Waals surface area contributed by atoms with Crippen LogP contribution in [0.25, 0.3) is 0 Å². The van der Waals surface area contributed by atoms with Gasteiger partial charge in [0.1, 0.15) is 18.3 Å². The normalized spacial score (nSPS) is 13.7. The number of nitro benzene ring substituents is 1. The van der Waals surface area contributed by atoms with Gasteiger partial charge in [0.25, 0.3) is 15.7 Å². The second kappa shape index (κ2) is 16.6. The number of anilines is 1. The van der Waals surface area contributed by atoms with Gasteiger partial charge in [0, 0.05) is 40.7 Å². The van der Waals surface area contributed by atoms with Crippen molar-refractivity contribution >= 4 is 56.4 Å². The summed E-state index contributed by atoms with van der Waals surface area (Å²) >= 11 is 12.5. The number of ether oxygens (including phenoxy) is 1. The molecule has 14 heteroatoms. The fourth-order valence-electron chi connectivity index (χ4n) is 6.15. The number of halogens is 2. The van der Waals surface area contributed by atoms with Gasteiger partial charge in [-0.15, -0.1) is 0 Å². The number of methoxy groups -OCH3 is 1. The molecule has 5 rings (SSSR count). The average molecular weight is 754 g/mol. The number of rotatable bonds is 14. The van der Waals surface area contributed by atoms with Crippen LogP contribution in [0.4, 0.5) is 11.4 Å². The van der Waals surface area contributed by atoms with E-state index in [9.17, 15) is 28.1 Å². The molecule has 51 heavy (non-hydrogen) atoms. The number of carbonyl (C=O) groups is 2. The molecule has 1 aliphatic rings. The maximum absolute atomic E-state index is 14.8. The van der Waals surface area contributed by atoms with Crippen LogP contribution in [-0.4, -0.2) is 55.8 Å². The molecule has 4 aromatic rings. The second-order valence-corrected chi connectivity index (χ2v) is 15.1. The molecule has 1 saturated carbocycles. The lowest BCUT2D eigenvalue weighted by atomic mass is 10.0. The van der Waals surface area contributed by atoms with Crippen LogP contribution in [0.3, 0.4) is 0 Å². The molecule has 0 saturated heterocycles. The zero-order chi connectivity index (χ0) is 36.7. The van der Waals surface area contributed by atoms with Gasteiger partial charge >= 0.3 is 0 Å². The van der Waals surface area contributed by atoms with Crippen LogP contribution >= 0.6 is 23.2 Å². The van der Waals surface area contributed by atoms with Crippen molar-refractivity contribution in [1.82, 2.24) is 10.2 Å². The lowest BCUT2D eigenvalue weighted by Crippen LogP contribution is -2.54. The van der Waals surface area contributed by atoms with Crippen molar-refractivity contribution in [1.29, 1.82) is 0 Å². The van der Waals surface area contributed by atoms with Crippen molar-refractivity contribution in [3.63, 3.8) is 0 Å². The molecular formula is C37H38Cl2N4O7S. The smallest absolute Gasteiger partial charge is 0.273 e. The van der Waals surface area contributed by atoms with Crippen LogP contribution in [0.2, 0.25) is 10.0 Å². The number of hydrogen-bond acceptors (Lipinski definition) is 7. The first-order valence-corrected chi connectivity index (χ1v) is 18.6. The highest BCUT2D eigenvalue weighted by Crippen LogP contribution is 2.36. The van der Waals surface area contributed by atoms with E-state index < -0.39 is 44.0 Å². The molecule has 11 nitrogen and oxygen atoms in total. The van der Waals surface area contributed by atoms with Crippen molar-refractivity contribution in [2.24, 2.45) is 0 Å². The van der Waals surface area contributed by atoms with E-state index in [1.807, 2.05) is 30.3 Å². The summed E-state index contributed by atoms with van der Waals surface area (Å²) in [5.74, 6) is -0.988. The molecule has 0 heterocycles. The molecule has 0 aliphatic heterocycles. The van der Waals surface area contributed by atoms with E-state index in [1.165, 1.54) is 49.3 Å². The summed E-state index contributed by atoms with van der Waals surface area (Å²) in [4.78, 5) is 41.1. The topological polar surface area (TPSA) is 139 Å². The Labute approximate surface area is 307 Å². The third-order valence-electron chi connectivity index (χ3n) is 8.89. The SMILES string of the molecule is COc1ccc(Cl)cc1N(CC(=O)N(Cc1ccc(Cl)cc1)C(Cc1ccccc1)C(=O)NC1CCCC1)S(=O)(=O)c1ccc(C)c([N+](=O)[O-])c1. The molecule has 1 atom stereocenters. The Kier molecular flexibility index (Phi) is 12.2. The summed E-state index contributed by atoms with van der Waals surface area (Å²) in [6.07, 6.45) is 3.74. The molecule has 2 amide bonds. The third-order valence-corrected chi connectivity index (χ3v) is 11.1. The zero-order valence-corrected chi connectivity index (χ0v) is 30.5.